The molecule has 0 rings (SSSR count). The molecule has 0 aromatic carbocycles. The molecule has 0 bridgehead atoms. The Kier molecular flexibility index (Phi) is 15.7. The van der Waals surface area contributed by atoms with E-state index in [4.69, 9.17) is 9.84 Å². The van der Waals surface area contributed by atoms with Crippen LogP contribution < -0.4 is 0 Å². The molecule has 0 radical (unpaired) electrons. The highest BCUT2D eigenvalue weighted by Crippen LogP contribution is 2.12. The van der Waals surface area contributed by atoms with Crippen molar-refractivity contribution in [1.29, 1.82) is 0 Å². The third kappa shape index (κ3) is 16.3. The zero-order chi connectivity index (χ0) is 16.5. The summed E-state index contributed by atoms with van der Waals surface area (Å²) in [5, 5.41) is 18.5. The van der Waals surface area contributed by atoms with Crippen LogP contribution in [0.4, 0.5) is 0 Å². The maximum absolute atomic E-state index is 9.60. The van der Waals surface area contributed by atoms with E-state index in [-0.39, 0.29) is 6.61 Å². The summed E-state index contributed by atoms with van der Waals surface area (Å²) in [5.41, 5.74) is -0.990. The molecule has 0 aromatic heterocycles. The van der Waals surface area contributed by atoms with Crippen LogP contribution in [0.2, 0.25) is 0 Å². The van der Waals surface area contributed by atoms with Crippen LogP contribution in [0.5, 0.6) is 0 Å². The van der Waals surface area contributed by atoms with Gasteiger partial charge in [0.15, 0.2) is 0 Å². The Morgan fingerprint density at radius 2 is 1.18 bits per heavy atom. The fourth-order valence-corrected chi connectivity index (χ4v) is 2.52. The topological polar surface area (TPSA) is 49.7 Å². The van der Waals surface area contributed by atoms with Gasteiger partial charge in [0, 0.05) is 19.6 Å². The lowest BCUT2D eigenvalue weighted by Crippen LogP contribution is -2.30. The van der Waals surface area contributed by atoms with Gasteiger partial charge >= 0.3 is 0 Å². The molecule has 22 heavy (non-hydrogen) atoms. The zero-order valence-corrected chi connectivity index (χ0v) is 15.1. The average molecular weight is 317 g/mol. The number of hydrogen-bond donors (Lipinski definition) is 2. The predicted molar refractivity (Wildman–Crippen MR) is 94.2 cm³/mol. The van der Waals surface area contributed by atoms with E-state index in [0.717, 1.165) is 13.0 Å². The minimum Gasteiger partial charge on any atom is -0.393 e. The van der Waals surface area contributed by atoms with Crippen LogP contribution in [0.25, 0.3) is 0 Å². The summed E-state index contributed by atoms with van der Waals surface area (Å²) in [6.07, 6.45) is 16.7. The second kappa shape index (κ2) is 15.8. The van der Waals surface area contributed by atoms with E-state index in [0.29, 0.717) is 13.0 Å². The Morgan fingerprint density at radius 3 is 1.64 bits per heavy atom. The van der Waals surface area contributed by atoms with Crippen molar-refractivity contribution in [1.82, 2.24) is 0 Å². The molecular weight excluding hydrogens is 276 g/mol. The van der Waals surface area contributed by atoms with Gasteiger partial charge in [-0.3, -0.25) is 0 Å². The van der Waals surface area contributed by atoms with Gasteiger partial charge in [-0.1, -0.05) is 77.6 Å². The molecule has 3 nitrogen and oxygen atoms in total. The van der Waals surface area contributed by atoms with E-state index >= 15 is 0 Å². The van der Waals surface area contributed by atoms with Crippen LogP contribution in [0.15, 0.2) is 0 Å². The van der Waals surface area contributed by atoms with Gasteiger partial charge in [-0.25, -0.2) is 0 Å². The Bertz CT molecular complexity index is 217. The summed E-state index contributed by atoms with van der Waals surface area (Å²) in [4.78, 5) is 0. The molecule has 0 aliphatic rings. The molecule has 1 unspecified atom stereocenters. The van der Waals surface area contributed by atoms with Gasteiger partial charge in [0.2, 0.25) is 0 Å². The van der Waals surface area contributed by atoms with E-state index in [1.54, 1.807) is 6.92 Å². The summed E-state index contributed by atoms with van der Waals surface area (Å²) >= 11 is 0. The normalized spacial score (nSPS) is 14.2. The average Bonchev–Trinajstić information content (AvgIpc) is 2.51. The second-order valence-corrected chi connectivity index (χ2v) is 6.91. The summed E-state index contributed by atoms with van der Waals surface area (Å²) < 4.78 is 5.49. The summed E-state index contributed by atoms with van der Waals surface area (Å²) in [5.74, 6) is 0. The van der Waals surface area contributed by atoms with Crippen LogP contribution in [-0.4, -0.2) is 35.6 Å². The first-order chi connectivity index (χ1) is 10.6. The van der Waals surface area contributed by atoms with Gasteiger partial charge in [0.1, 0.15) is 0 Å². The third-order valence-electron chi connectivity index (χ3n) is 4.27. The molecule has 0 aliphatic carbocycles. The number of unbranched alkanes of at least 4 members (excludes halogenated alkanes) is 11. The van der Waals surface area contributed by atoms with Crippen molar-refractivity contribution in [2.45, 2.75) is 103 Å². The minimum absolute atomic E-state index is 0.199. The second-order valence-electron chi connectivity index (χ2n) is 6.91. The van der Waals surface area contributed by atoms with Crippen LogP contribution in [0.3, 0.4) is 0 Å². The minimum atomic E-state index is -0.990. The maximum Gasteiger partial charge on any atom is 0.0871 e. The summed E-state index contributed by atoms with van der Waals surface area (Å²) in [7, 11) is 0. The Hall–Kier alpha value is -0.120. The lowest BCUT2D eigenvalue weighted by Gasteiger charge is -2.19. The number of aliphatic hydroxyl groups is 2. The van der Waals surface area contributed by atoms with E-state index < -0.39 is 5.60 Å². The highest BCUT2D eigenvalue weighted by molar-refractivity contribution is 4.69. The predicted octanol–water partition coefficient (Wildman–Crippen LogP) is 4.84. The molecule has 3 heteroatoms. The molecule has 0 aromatic rings. The highest BCUT2D eigenvalue weighted by atomic mass is 16.5. The van der Waals surface area contributed by atoms with E-state index in [9.17, 15) is 5.11 Å². The van der Waals surface area contributed by atoms with Crippen molar-refractivity contribution >= 4 is 0 Å². The van der Waals surface area contributed by atoms with Crippen LogP contribution in [0, 0.1) is 0 Å². The van der Waals surface area contributed by atoms with Gasteiger partial charge in [0.25, 0.3) is 0 Å². The number of rotatable bonds is 17. The quantitative estimate of drug-likeness (QED) is 0.378. The lowest BCUT2D eigenvalue weighted by atomic mass is 10.1. The fourth-order valence-electron chi connectivity index (χ4n) is 2.52. The van der Waals surface area contributed by atoms with Gasteiger partial charge in [-0.05, 0) is 13.3 Å². The van der Waals surface area contributed by atoms with Crippen molar-refractivity contribution in [2.75, 3.05) is 19.8 Å². The van der Waals surface area contributed by atoms with Gasteiger partial charge < -0.3 is 14.9 Å². The summed E-state index contributed by atoms with van der Waals surface area (Å²) in [6, 6.07) is 0. The molecule has 0 aliphatic heterocycles. The van der Waals surface area contributed by atoms with Gasteiger partial charge in [0.05, 0.1) is 12.2 Å². The summed E-state index contributed by atoms with van der Waals surface area (Å²) in [6.45, 7) is 5.02. The third-order valence-corrected chi connectivity index (χ3v) is 4.27. The molecule has 134 valence electrons. The first kappa shape index (κ1) is 21.9. The molecule has 0 saturated heterocycles. The van der Waals surface area contributed by atoms with Gasteiger partial charge in [-0.2, -0.15) is 0 Å². The number of aliphatic hydroxyl groups excluding tert-OH is 1. The first-order valence-electron chi connectivity index (χ1n) is 9.53. The van der Waals surface area contributed by atoms with E-state index in [2.05, 4.69) is 6.92 Å². The molecule has 0 heterocycles. The van der Waals surface area contributed by atoms with Crippen molar-refractivity contribution in [3.8, 4) is 0 Å². The molecule has 1 atom stereocenters. The fraction of sp³-hybridized carbons (Fsp3) is 1.00. The Balaban J connectivity index is 3.06. The zero-order valence-electron chi connectivity index (χ0n) is 15.1. The van der Waals surface area contributed by atoms with Crippen LogP contribution in [0.1, 0.15) is 97.3 Å². The van der Waals surface area contributed by atoms with Crippen LogP contribution >= 0.6 is 0 Å². The van der Waals surface area contributed by atoms with E-state index in [1.807, 2.05) is 0 Å². The number of hydrogen-bond acceptors (Lipinski definition) is 3. The van der Waals surface area contributed by atoms with E-state index in [1.165, 1.54) is 70.6 Å². The highest BCUT2D eigenvalue weighted by Gasteiger charge is 2.17. The lowest BCUT2D eigenvalue weighted by molar-refractivity contribution is -0.0269. The largest absolute Gasteiger partial charge is 0.393 e. The molecule has 0 spiro atoms. The van der Waals surface area contributed by atoms with Crippen LogP contribution in [-0.2, 0) is 4.74 Å². The molecule has 0 saturated carbocycles. The molecular formula is C19H40O3. The smallest absolute Gasteiger partial charge is 0.0871 e. The first-order valence-corrected chi connectivity index (χ1v) is 9.53. The number of ether oxygens (including phenoxy) is 1. The molecule has 2 N–H and O–H groups in total. The maximum atomic E-state index is 9.60. The van der Waals surface area contributed by atoms with Crippen molar-refractivity contribution < 1.29 is 14.9 Å². The van der Waals surface area contributed by atoms with Crippen molar-refractivity contribution in [3.05, 3.63) is 0 Å². The van der Waals surface area contributed by atoms with Gasteiger partial charge in [-0.15, -0.1) is 0 Å². The van der Waals surface area contributed by atoms with Crippen molar-refractivity contribution in [2.24, 2.45) is 0 Å². The SMILES string of the molecule is CCCCCCCCCCCCCCOCCC(C)(O)CO. The standard InChI is InChI=1S/C19H40O3/c1-3-4-5-6-7-8-9-10-11-12-13-14-16-22-17-15-19(2,21)18-20/h20-21H,3-18H2,1-2H3. The molecule has 0 amide bonds. The Labute approximate surface area is 138 Å². The Morgan fingerprint density at radius 1 is 0.727 bits per heavy atom. The molecule has 0 fully saturated rings. The van der Waals surface area contributed by atoms with Crippen molar-refractivity contribution in [3.63, 3.8) is 0 Å². The monoisotopic (exact) mass is 316 g/mol.